The van der Waals surface area contributed by atoms with Gasteiger partial charge in [-0.3, -0.25) is 4.79 Å². The minimum absolute atomic E-state index is 0.206. The number of rotatable bonds is 9. The summed E-state index contributed by atoms with van der Waals surface area (Å²) in [5, 5.41) is 0.390. The number of benzene rings is 2. The van der Waals surface area contributed by atoms with E-state index in [-0.39, 0.29) is 12.5 Å². The van der Waals surface area contributed by atoms with E-state index in [1.54, 1.807) is 24.3 Å². The predicted octanol–water partition coefficient (Wildman–Crippen LogP) is 6.18. The van der Waals surface area contributed by atoms with Gasteiger partial charge in [-0.05, 0) is 55.2 Å². The molecule has 1 atom stereocenters. The summed E-state index contributed by atoms with van der Waals surface area (Å²) in [7, 11) is 1.47. The van der Waals surface area contributed by atoms with Crippen molar-refractivity contribution in [3.05, 3.63) is 82.4 Å². The molecule has 8 heteroatoms. The molecule has 0 radical (unpaired) electrons. The fourth-order valence-electron chi connectivity index (χ4n) is 3.32. The lowest BCUT2D eigenvalue weighted by Crippen LogP contribution is -2.45. The van der Waals surface area contributed by atoms with Gasteiger partial charge in [0.25, 0.3) is 0 Å². The fraction of sp³-hybridized carbons (Fsp3) is 0.320. The summed E-state index contributed by atoms with van der Waals surface area (Å²) in [4.78, 5) is 14.9. The Hall–Kier alpha value is -2.77. The van der Waals surface area contributed by atoms with E-state index < -0.39 is 17.8 Å². The van der Waals surface area contributed by atoms with Crippen molar-refractivity contribution in [2.45, 2.75) is 38.9 Å². The molecule has 33 heavy (non-hydrogen) atoms. The molecule has 2 aromatic rings. The van der Waals surface area contributed by atoms with E-state index in [1.807, 2.05) is 26.0 Å². The normalized spacial score (nSPS) is 13.3. The van der Waals surface area contributed by atoms with Crippen LogP contribution >= 0.6 is 11.6 Å². The first-order chi connectivity index (χ1) is 15.6. The van der Waals surface area contributed by atoms with Gasteiger partial charge in [0.1, 0.15) is 11.8 Å². The molecule has 4 nitrogen and oxygen atoms in total. The predicted molar refractivity (Wildman–Crippen MR) is 127 cm³/mol. The number of nitrogens with two attached hydrogens (primary N) is 1. The van der Waals surface area contributed by atoms with Crippen LogP contribution in [0.15, 0.2) is 66.3 Å². The number of amides is 1. The van der Waals surface area contributed by atoms with Crippen LogP contribution in [0.4, 0.5) is 18.9 Å². The van der Waals surface area contributed by atoms with Gasteiger partial charge in [0, 0.05) is 18.3 Å². The minimum atomic E-state index is -4.40. The second kappa shape index (κ2) is 11.9. The zero-order valence-corrected chi connectivity index (χ0v) is 19.6. The second-order valence-corrected chi connectivity index (χ2v) is 7.75. The standard InChI is InChI=1S/C25H28ClF3N2O2/c1-4-6-18(7-5-2)23(30)24(32)31(20-12-13-21(26)22(16-20)33-3)15-14-17-8-10-19(11-9-17)25(27,28)29/h4,6-13,16,23H,5,14-15,30H2,1-3H3/b6-4-,18-7+. The number of methoxy groups -OCH3 is 1. The maximum Gasteiger partial charge on any atom is 0.416 e. The van der Waals surface area contributed by atoms with Crippen LogP contribution in [0.25, 0.3) is 0 Å². The Morgan fingerprint density at radius 3 is 2.42 bits per heavy atom. The van der Waals surface area contributed by atoms with Gasteiger partial charge in [-0.15, -0.1) is 0 Å². The van der Waals surface area contributed by atoms with Crippen LogP contribution < -0.4 is 15.4 Å². The van der Waals surface area contributed by atoms with E-state index >= 15 is 0 Å². The van der Waals surface area contributed by atoms with Crippen molar-refractivity contribution >= 4 is 23.2 Å². The molecule has 0 fully saturated rings. The molecule has 0 heterocycles. The number of nitrogens with zero attached hydrogens (tertiary/aromatic N) is 1. The first kappa shape index (κ1) is 26.5. The Labute approximate surface area is 197 Å². The first-order valence-electron chi connectivity index (χ1n) is 10.5. The summed E-state index contributed by atoms with van der Waals surface area (Å²) in [5.41, 5.74) is 7.47. The van der Waals surface area contributed by atoms with Gasteiger partial charge in [-0.2, -0.15) is 13.2 Å². The number of hydrogen-bond acceptors (Lipinski definition) is 3. The average molecular weight is 481 g/mol. The largest absolute Gasteiger partial charge is 0.495 e. The van der Waals surface area contributed by atoms with Gasteiger partial charge < -0.3 is 15.4 Å². The topological polar surface area (TPSA) is 55.6 Å². The highest BCUT2D eigenvalue weighted by Crippen LogP contribution is 2.31. The highest BCUT2D eigenvalue weighted by atomic mass is 35.5. The van der Waals surface area contributed by atoms with Crippen LogP contribution in [0.1, 0.15) is 31.4 Å². The summed E-state index contributed by atoms with van der Waals surface area (Å²) in [6, 6.07) is 8.93. The van der Waals surface area contributed by atoms with Crippen molar-refractivity contribution in [2.75, 3.05) is 18.6 Å². The fourth-order valence-corrected chi connectivity index (χ4v) is 3.52. The Bertz CT molecular complexity index is 1000. The maximum atomic E-state index is 13.4. The monoisotopic (exact) mass is 480 g/mol. The molecule has 0 aliphatic rings. The van der Waals surface area contributed by atoms with Gasteiger partial charge in [-0.1, -0.05) is 48.9 Å². The minimum Gasteiger partial charge on any atom is -0.495 e. The van der Waals surface area contributed by atoms with Crippen molar-refractivity contribution in [1.29, 1.82) is 0 Å². The van der Waals surface area contributed by atoms with Crippen molar-refractivity contribution in [3.8, 4) is 5.75 Å². The van der Waals surface area contributed by atoms with Crippen LogP contribution in [0.5, 0.6) is 5.75 Å². The van der Waals surface area contributed by atoms with Crippen LogP contribution in [0, 0.1) is 0 Å². The number of allylic oxidation sites excluding steroid dienone is 2. The van der Waals surface area contributed by atoms with E-state index in [4.69, 9.17) is 22.1 Å². The molecule has 0 saturated carbocycles. The Morgan fingerprint density at radius 1 is 1.21 bits per heavy atom. The summed E-state index contributed by atoms with van der Waals surface area (Å²) in [5.74, 6) is 0.0527. The third-order valence-electron chi connectivity index (χ3n) is 5.04. The Morgan fingerprint density at radius 2 is 1.88 bits per heavy atom. The molecule has 1 amide bonds. The number of ether oxygens (including phenoxy) is 1. The Kier molecular flexibility index (Phi) is 9.56. The zero-order valence-electron chi connectivity index (χ0n) is 18.8. The van der Waals surface area contributed by atoms with Crippen LogP contribution in [-0.2, 0) is 17.4 Å². The molecular weight excluding hydrogens is 453 g/mol. The quantitative estimate of drug-likeness (QED) is 0.436. The van der Waals surface area contributed by atoms with Gasteiger partial charge in [0.2, 0.25) is 5.91 Å². The van der Waals surface area contributed by atoms with Crippen molar-refractivity contribution in [3.63, 3.8) is 0 Å². The molecule has 0 aromatic heterocycles. The lowest BCUT2D eigenvalue weighted by atomic mass is 10.0. The molecule has 0 spiro atoms. The summed E-state index contributed by atoms with van der Waals surface area (Å²) in [6.07, 6.45) is 2.13. The van der Waals surface area contributed by atoms with Crippen molar-refractivity contribution in [1.82, 2.24) is 0 Å². The van der Waals surface area contributed by atoms with E-state index in [0.29, 0.717) is 40.4 Å². The molecule has 1 unspecified atom stereocenters. The highest BCUT2D eigenvalue weighted by Gasteiger charge is 2.30. The number of anilines is 1. The van der Waals surface area contributed by atoms with Gasteiger partial charge in [0.15, 0.2) is 0 Å². The number of carbonyl (C=O) groups is 1. The molecule has 0 aliphatic carbocycles. The summed E-state index contributed by atoms with van der Waals surface area (Å²) >= 11 is 6.14. The molecule has 2 aromatic carbocycles. The summed E-state index contributed by atoms with van der Waals surface area (Å²) < 4.78 is 43.8. The number of alkyl halides is 3. The van der Waals surface area contributed by atoms with E-state index in [1.165, 1.54) is 24.1 Å². The molecule has 2 rings (SSSR count). The van der Waals surface area contributed by atoms with Crippen molar-refractivity contribution < 1.29 is 22.7 Å². The molecular formula is C25H28ClF3N2O2. The highest BCUT2D eigenvalue weighted by molar-refractivity contribution is 6.32. The molecule has 2 N–H and O–H groups in total. The third kappa shape index (κ3) is 7.11. The van der Waals surface area contributed by atoms with Gasteiger partial charge in [-0.25, -0.2) is 0 Å². The van der Waals surface area contributed by atoms with Crippen LogP contribution in [0.3, 0.4) is 0 Å². The zero-order chi connectivity index (χ0) is 24.6. The lowest BCUT2D eigenvalue weighted by Gasteiger charge is -2.27. The molecule has 0 bridgehead atoms. The van der Waals surface area contributed by atoms with Gasteiger partial charge >= 0.3 is 6.18 Å². The molecule has 0 saturated heterocycles. The maximum absolute atomic E-state index is 13.4. The lowest BCUT2D eigenvalue weighted by molar-refractivity contribution is -0.137. The number of halogens is 4. The summed E-state index contributed by atoms with van der Waals surface area (Å²) in [6.45, 7) is 4.00. The van der Waals surface area contributed by atoms with E-state index in [9.17, 15) is 18.0 Å². The van der Waals surface area contributed by atoms with Crippen molar-refractivity contribution in [2.24, 2.45) is 5.73 Å². The van der Waals surface area contributed by atoms with Gasteiger partial charge in [0.05, 0.1) is 17.7 Å². The van der Waals surface area contributed by atoms with Crippen LogP contribution in [-0.4, -0.2) is 25.6 Å². The smallest absolute Gasteiger partial charge is 0.416 e. The van der Waals surface area contributed by atoms with Crippen LogP contribution in [0.2, 0.25) is 5.02 Å². The number of carbonyl (C=O) groups excluding carboxylic acids is 1. The molecule has 0 aliphatic heterocycles. The first-order valence-corrected chi connectivity index (χ1v) is 10.9. The average Bonchev–Trinajstić information content (AvgIpc) is 2.79. The SMILES string of the molecule is C/C=C\C(=C/CC)C(N)C(=O)N(CCc1ccc(C(F)(F)F)cc1)c1ccc(Cl)c(OC)c1. The molecule has 178 valence electrons. The number of hydrogen-bond donors (Lipinski definition) is 1. The third-order valence-corrected chi connectivity index (χ3v) is 5.35. The Balaban J connectivity index is 2.36. The van der Waals surface area contributed by atoms with E-state index in [0.717, 1.165) is 12.1 Å². The second-order valence-electron chi connectivity index (χ2n) is 7.34. The van der Waals surface area contributed by atoms with E-state index in [2.05, 4.69) is 0 Å².